The van der Waals surface area contributed by atoms with E-state index in [2.05, 4.69) is 4.98 Å². The van der Waals surface area contributed by atoms with E-state index in [1.54, 1.807) is 13.1 Å². The lowest BCUT2D eigenvalue weighted by molar-refractivity contribution is 0.0746. The van der Waals surface area contributed by atoms with Gasteiger partial charge in [0.05, 0.1) is 23.1 Å². The van der Waals surface area contributed by atoms with Gasteiger partial charge in [0.2, 0.25) is 0 Å². The average Bonchev–Trinajstić information content (AvgIpc) is 2.27. The van der Waals surface area contributed by atoms with Crippen molar-refractivity contribution in [3.05, 3.63) is 28.5 Å². The molecule has 0 aliphatic rings. The Balaban J connectivity index is 2.93. The molecule has 1 aromatic heterocycles. The van der Waals surface area contributed by atoms with E-state index in [4.69, 9.17) is 16.9 Å². The lowest BCUT2D eigenvalue weighted by Gasteiger charge is -2.23. The van der Waals surface area contributed by atoms with Gasteiger partial charge in [-0.05, 0) is 19.9 Å². The molecule has 0 fully saturated rings. The first-order valence-corrected chi connectivity index (χ1v) is 5.61. The molecule has 90 valence electrons. The zero-order valence-corrected chi connectivity index (χ0v) is 10.8. The van der Waals surface area contributed by atoms with Crippen molar-refractivity contribution in [2.45, 2.75) is 26.3 Å². The Morgan fingerprint density at radius 1 is 1.71 bits per heavy atom. The van der Waals surface area contributed by atoms with Crippen molar-refractivity contribution in [2.75, 3.05) is 7.05 Å². The third kappa shape index (κ3) is 3.18. The highest BCUT2D eigenvalue weighted by molar-refractivity contribution is 6.33. The Kier molecular flexibility index (Phi) is 4.47. The summed E-state index contributed by atoms with van der Waals surface area (Å²) in [5, 5.41) is 8.99. The molecule has 1 unspecified atom stereocenters. The van der Waals surface area contributed by atoms with Crippen LogP contribution in [0.5, 0.6) is 0 Å². The second kappa shape index (κ2) is 5.65. The van der Waals surface area contributed by atoms with E-state index in [-0.39, 0.29) is 11.9 Å². The zero-order valence-electron chi connectivity index (χ0n) is 10.1. The molecule has 5 heteroatoms. The molecule has 0 saturated heterocycles. The number of aryl methyl sites for hydroxylation is 1. The van der Waals surface area contributed by atoms with Crippen molar-refractivity contribution in [1.29, 1.82) is 5.26 Å². The van der Waals surface area contributed by atoms with Gasteiger partial charge in [-0.1, -0.05) is 11.6 Å². The molecule has 0 aliphatic heterocycles. The maximum atomic E-state index is 12.1. The molecule has 0 radical (unpaired) electrons. The van der Waals surface area contributed by atoms with E-state index >= 15 is 0 Å². The lowest BCUT2D eigenvalue weighted by atomic mass is 10.2. The molecule has 0 saturated carbocycles. The number of hydrogen-bond acceptors (Lipinski definition) is 3. The largest absolute Gasteiger partial charge is 0.338 e. The number of hydrogen-bond donors (Lipinski definition) is 0. The smallest absolute Gasteiger partial charge is 0.256 e. The molecule has 0 bridgehead atoms. The first kappa shape index (κ1) is 13.5. The lowest BCUT2D eigenvalue weighted by Crippen LogP contribution is -2.35. The molecule has 1 heterocycles. The summed E-state index contributed by atoms with van der Waals surface area (Å²) in [6.45, 7) is 3.62. The summed E-state index contributed by atoms with van der Waals surface area (Å²) in [6, 6.07) is 3.54. The first-order chi connectivity index (χ1) is 7.97. The second-order valence-corrected chi connectivity index (χ2v) is 4.34. The van der Waals surface area contributed by atoms with Crippen molar-refractivity contribution in [1.82, 2.24) is 9.88 Å². The van der Waals surface area contributed by atoms with Crippen LogP contribution in [0.3, 0.4) is 0 Å². The van der Waals surface area contributed by atoms with E-state index in [0.717, 1.165) is 5.69 Å². The van der Waals surface area contributed by atoms with Crippen LogP contribution in [-0.4, -0.2) is 28.9 Å². The number of carbonyl (C=O) groups is 1. The van der Waals surface area contributed by atoms with Crippen LogP contribution in [0.1, 0.15) is 29.4 Å². The Bertz CT molecular complexity index is 467. The van der Waals surface area contributed by atoms with Crippen LogP contribution < -0.4 is 0 Å². The predicted octanol–water partition coefficient (Wildman–Crippen LogP) is 2.42. The summed E-state index contributed by atoms with van der Waals surface area (Å²) in [6.07, 6.45) is 1.76. The van der Waals surface area contributed by atoms with E-state index < -0.39 is 0 Å². The Labute approximate surface area is 106 Å². The highest BCUT2D eigenvalue weighted by Crippen LogP contribution is 2.18. The fraction of sp³-hybridized carbons (Fsp3) is 0.417. The van der Waals surface area contributed by atoms with Crippen LogP contribution in [0, 0.1) is 18.3 Å². The van der Waals surface area contributed by atoms with E-state index in [0.29, 0.717) is 17.0 Å². The van der Waals surface area contributed by atoms with E-state index in [9.17, 15) is 4.79 Å². The maximum absolute atomic E-state index is 12.1. The molecule has 0 N–H and O–H groups in total. The van der Waals surface area contributed by atoms with Crippen LogP contribution in [0.2, 0.25) is 5.02 Å². The highest BCUT2D eigenvalue weighted by atomic mass is 35.5. The minimum atomic E-state index is -0.217. The van der Waals surface area contributed by atoms with E-state index in [1.807, 2.05) is 19.9 Å². The molecule has 17 heavy (non-hydrogen) atoms. The molecule has 0 aliphatic carbocycles. The van der Waals surface area contributed by atoms with Crippen molar-refractivity contribution >= 4 is 17.5 Å². The van der Waals surface area contributed by atoms with Gasteiger partial charge in [-0.25, -0.2) is 0 Å². The average molecular weight is 252 g/mol. The highest BCUT2D eigenvalue weighted by Gasteiger charge is 2.19. The van der Waals surface area contributed by atoms with Crippen molar-refractivity contribution in [3.63, 3.8) is 0 Å². The topological polar surface area (TPSA) is 57.0 Å². The van der Waals surface area contributed by atoms with Crippen LogP contribution in [0.4, 0.5) is 0 Å². The predicted molar refractivity (Wildman–Crippen MR) is 65.8 cm³/mol. The third-order valence-electron chi connectivity index (χ3n) is 2.59. The number of carbonyl (C=O) groups excluding carboxylic acids is 1. The van der Waals surface area contributed by atoms with Crippen LogP contribution in [0.25, 0.3) is 0 Å². The fourth-order valence-electron chi connectivity index (χ4n) is 1.34. The van der Waals surface area contributed by atoms with Crippen LogP contribution >= 0.6 is 11.6 Å². The summed E-state index contributed by atoms with van der Waals surface area (Å²) in [7, 11) is 1.65. The van der Waals surface area contributed by atoms with Gasteiger partial charge in [0.25, 0.3) is 5.91 Å². The molecule has 0 aromatic carbocycles. The molecule has 1 amide bonds. The Hall–Kier alpha value is -1.60. The fourth-order valence-corrected chi connectivity index (χ4v) is 1.63. The van der Waals surface area contributed by atoms with Crippen LogP contribution in [-0.2, 0) is 0 Å². The number of nitriles is 1. The first-order valence-electron chi connectivity index (χ1n) is 5.23. The molecular formula is C12H14ClN3O. The standard InChI is InChI=1S/C12H14ClN3O/c1-8-6-11(13)10(7-15-8)12(17)16(3)9(2)4-5-14/h6-7,9H,4H2,1-3H3. The monoisotopic (exact) mass is 251 g/mol. The number of aromatic nitrogens is 1. The van der Waals surface area contributed by atoms with Crippen molar-refractivity contribution in [2.24, 2.45) is 0 Å². The van der Waals surface area contributed by atoms with Gasteiger partial charge in [-0.2, -0.15) is 5.26 Å². The van der Waals surface area contributed by atoms with Gasteiger partial charge >= 0.3 is 0 Å². The SMILES string of the molecule is Cc1cc(Cl)c(C(=O)N(C)C(C)CC#N)cn1. The van der Waals surface area contributed by atoms with Crippen LogP contribution in [0.15, 0.2) is 12.3 Å². The quantitative estimate of drug-likeness (QED) is 0.829. The van der Waals surface area contributed by atoms with Crippen molar-refractivity contribution in [3.8, 4) is 6.07 Å². The Morgan fingerprint density at radius 3 is 2.88 bits per heavy atom. The molecule has 1 rings (SSSR count). The number of nitrogens with zero attached hydrogens (tertiary/aromatic N) is 3. The number of pyridine rings is 1. The third-order valence-corrected chi connectivity index (χ3v) is 2.90. The number of rotatable bonds is 3. The molecule has 1 aromatic rings. The van der Waals surface area contributed by atoms with Gasteiger partial charge < -0.3 is 4.90 Å². The van der Waals surface area contributed by atoms with Gasteiger partial charge in [-0.15, -0.1) is 0 Å². The van der Waals surface area contributed by atoms with E-state index in [1.165, 1.54) is 11.1 Å². The molecule has 0 spiro atoms. The maximum Gasteiger partial charge on any atom is 0.256 e. The van der Waals surface area contributed by atoms with Gasteiger partial charge in [0, 0.05) is 25.0 Å². The summed E-state index contributed by atoms with van der Waals surface area (Å²) in [5.41, 5.74) is 1.13. The number of amides is 1. The molecule has 1 atom stereocenters. The van der Waals surface area contributed by atoms with Gasteiger partial charge in [0.1, 0.15) is 0 Å². The Morgan fingerprint density at radius 2 is 2.35 bits per heavy atom. The van der Waals surface area contributed by atoms with Crippen molar-refractivity contribution < 1.29 is 4.79 Å². The number of halogens is 1. The minimum Gasteiger partial charge on any atom is -0.338 e. The summed E-state index contributed by atoms with van der Waals surface area (Å²) < 4.78 is 0. The summed E-state index contributed by atoms with van der Waals surface area (Å²) in [4.78, 5) is 17.6. The van der Waals surface area contributed by atoms with Gasteiger partial charge in [0.15, 0.2) is 0 Å². The molecular weight excluding hydrogens is 238 g/mol. The normalized spacial score (nSPS) is 11.7. The zero-order chi connectivity index (χ0) is 13.0. The summed E-state index contributed by atoms with van der Waals surface area (Å²) in [5.74, 6) is -0.217. The van der Waals surface area contributed by atoms with Gasteiger partial charge in [-0.3, -0.25) is 9.78 Å². The minimum absolute atomic E-state index is 0.148. The summed E-state index contributed by atoms with van der Waals surface area (Å²) >= 11 is 6.00. The molecule has 4 nitrogen and oxygen atoms in total. The second-order valence-electron chi connectivity index (χ2n) is 3.93.